The Morgan fingerprint density at radius 3 is 1.43 bits per heavy atom. The van der Waals surface area contributed by atoms with E-state index in [0.29, 0.717) is 0 Å². The van der Waals surface area contributed by atoms with Crippen LogP contribution in [-0.2, 0) is 23.9 Å². The molecule has 0 saturated heterocycles. The summed E-state index contributed by atoms with van der Waals surface area (Å²) in [7, 11) is 2.08. The Morgan fingerprint density at radius 1 is 1.29 bits per heavy atom. The monoisotopic (exact) mass is 205 g/mol. The van der Waals surface area contributed by atoms with E-state index in [1.807, 2.05) is 0 Å². The second kappa shape index (κ2) is 3.76. The van der Waals surface area contributed by atoms with Crippen molar-refractivity contribution in [2.75, 3.05) is 0 Å². The average Bonchev–Trinajstić information content (AvgIpc) is 1.35. The molecule has 0 atom stereocenters. The molecule has 0 rings (SSSR count). The second-order valence-corrected chi connectivity index (χ2v) is 6.77. The number of rotatable bonds is 1. The van der Waals surface area contributed by atoms with E-state index < -0.39 is 8.32 Å². The minimum Gasteiger partial charge on any atom is -0.596 e. The van der Waals surface area contributed by atoms with Gasteiger partial charge in [0.25, 0.3) is 0 Å². The van der Waals surface area contributed by atoms with Crippen LogP contribution in [-0.4, -0.2) is 8.32 Å². The van der Waals surface area contributed by atoms with Gasteiger partial charge in [-0.2, -0.15) is 0 Å². The third kappa shape index (κ3) is 10.8. The largest absolute Gasteiger partial charge is 1.00 e. The van der Waals surface area contributed by atoms with E-state index >= 15 is 0 Å². The SMILES string of the molecule is [CH2-]O[Si](C)(C)C.[Ru+]. The molecule has 0 aliphatic heterocycles. The fraction of sp³-hybridized carbons (Fsp3) is 0.750. The normalized spacial score (nSPS) is 10.3. The summed E-state index contributed by atoms with van der Waals surface area (Å²) in [6.07, 6.45) is 0. The zero-order valence-corrected chi connectivity index (χ0v) is 7.71. The topological polar surface area (TPSA) is 9.23 Å². The Kier molecular flexibility index (Phi) is 5.76. The molecule has 45 valence electrons. The van der Waals surface area contributed by atoms with Crippen molar-refractivity contribution in [1.29, 1.82) is 0 Å². The summed E-state index contributed by atoms with van der Waals surface area (Å²) in [4.78, 5) is 0. The van der Waals surface area contributed by atoms with Gasteiger partial charge in [-0.05, 0) is 19.6 Å². The van der Waals surface area contributed by atoms with Crippen molar-refractivity contribution >= 4 is 8.32 Å². The van der Waals surface area contributed by atoms with E-state index in [-0.39, 0.29) is 19.5 Å². The molecule has 0 bridgehead atoms. The molecular weight excluding hydrogens is 193 g/mol. The zero-order valence-electron chi connectivity index (χ0n) is 4.97. The van der Waals surface area contributed by atoms with Crippen LogP contribution in [0.5, 0.6) is 0 Å². The first-order valence-electron chi connectivity index (χ1n) is 1.99. The summed E-state index contributed by atoms with van der Waals surface area (Å²) in [5, 5.41) is 0. The molecule has 0 aromatic heterocycles. The van der Waals surface area contributed by atoms with Gasteiger partial charge in [-0.3, -0.25) is 0 Å². The predicted octanol–water partition coefficient (Wildman–Crippen LogP) is 1.63. The molecule has 7 heavy (non-hydrogen) atoms. The van der Waals surface area contributed by atoms with Gasteiger partial charge < -0.3 is 4.43 Å². The number of hydrogen-bond donors (Lipinski definition) is 0. The second-order valence-electron chi connectivity index (χ2n) is 2.26. The molecule has 0 aromatic rings. The van der Waals surface area contributed by atoms with Gasteiger partial charge in [0.2, 0.25) is 0 Å². The summed E-state index contributed by atoms with van der Waals surface area (Å²) in [6, 6.07) is 0. The Balaban J connectivity index is 0. The Morgan fingerprint density at radius 2 is 1.43 bits per heavy atom. The molecule has 0 saturated carbocycles. The first-order chi connectivity index (χ1) is 2.56. The van der Waals surface area contributed by atoms with Gasteiger partial charge in [-0.1, -0.05) is 0 Å². The molecular formula is C4H11ORuSi. The summed E-state index contributed by atoms with van der Waals surface area (Å²) >= 11 is 0. The van der Waals surface area contributed by atoms with Crippen molar-refractivity contribution in [2.45, 2.75) is 19.6 Å². The van der Waals surface area contributed by atoms with E-state index in [1.54, 1.807) is 0 Å². The fourth-order valence-corrected chi connectivity index (χ4v) is 0. The molecule has 0 aliphatic carbocycles. The molecule has 0 N–H and O–H groups in total. The van der Waals surface area contributed by atoms with Crippen LogP contribution >= 0.6 is 0 Å². The maximum absolute atomic E-state index is 4.83. The van der Waals surface area contributed by atoms with Crippen LogP contribution in [0.1, 0.15) is 0 Å². The van der Waals surface area contributed by atoms with Gasteiger partial charge in [-0.15, -0.1) is 0 Å². The van der Waals surface area contributed by atoms with Gasteiger partial charge in [0.05, 0.1) is 0 Å². The van der Waals surface area contributed by atoms with Gasteiger partial charge >= 0.3 is 19.5 Å². The standard InChI is InChI=1S/C4H11OSi.Ru/c1-5-6(2,3)4;/h1H2,2-4H3;/q-1;+1. The number of hydrogen-bond acceptors (Lipinski definition) is 1. The smallest absolute Gasteiger partial charge is 0.596 e. The molecule has 0 aromatic carbocycles. The van der Waals surface area contributed by atoms with Crippen molar-refractivity contribution in [3.8, 4) is 0 Å². The van der Waals surface area contributed by atoms with Crippen LogP contribution in [0.3, 0.4) is 0 Å². The van der Waals surface area contributed by atoms with E-state index in [1.165, 1.54) is 0 Å². The summed E-state index contributed by atoms with van der Waals surface area (Å²) in [5.74, 6) is 0. The minimum atomic E-state index is -1.24. The van der Waals surface area contributed by atoms with Gasteiger partial charge in [0.1, 0.15) is 8.32 Å². The molecule has 3 heteroatoms. The molecule has 0 fully saturated rings. The predicted molar refractivity (Wildman–Crippen MR) is 29.8 cm³/mol. The summed E-state index contributed by atoms with van der Waals surface area (Å²) in [5.41, 5.74) is 0. The van der Waals surface area contributed by atoms with E-state index in [4.69, 9.17) is 4.43 Å². The molecule has 1 radical (unpaired) electrons. The van der Waals surface area contributed by atoms with Crippen LogP contribution < -0.4 is 0 Å². The van der Waals surface area contributed by atoms with Crippen LogP contribution in [0.4, 0.5) is 0 Å². The Bertz CT molecular complexity index is 41.4. The van der Waals surface area contributed by atoms with Gasteiger partial charge in [-0.25, -0.2) is 7.11 Å². The van der Waals surface area contributed by atoms with Crippen LogP contribution in [0.15, 0.2) is 0 Å². The van der Waals surface area contributed by atoms with Crippen molar-refractivity contribution < 1.29 is 23.9 Å². The third-order valence-corrected chi connectivity index (χ3v) is 1.30. The molecule has 0 spiro atoms. The van der Waals surface area contributed by atoms with Gasteiger partial charge in [0, 0.05) is 0 Å². The van der Waals surface area contributed by atoms with Crippen LogP contribution in [0, 0.1) is 7.11 Å². The maximum Gasteiger partial charge on any atom is 1.00 e. The van der Waals surface area contributed by atoms with Crippen LogP contribution in [0.25, 0.3) is 0 Å². The average molecular weight is 204 g/mol. The molecule has 0 heterocycles. The van der Waals surface area contributed by atoms with E-state index in [2.05, 4.69) is 26.8 Å². The fourth-order valence-electron chi connectivity index (χ4n) is 0. The molecule has 0 unspecified atom stereocenters. The van der Waals surface area contributed by atoms with E-state index in [0.717, 1.165) is 0 Å². The first-order valence-corrected chi connectivity index (χ1v) is 5.40. The molecule has 1 nitrogen and oxygen atoms in total. The summed E-state index contributed by atoms with van der Waals surface area (Å²) in [6.45, 7) is 6.29. The quantitative estimate of drug-likeness (QED) is 0.466. The van der Waals surface area contributed by atoms with Gasteiger partial charge in [0.15, 0.2) is 0 Å². The Labute approximate surface area is 59.3 Å². The van der Waals surface area contributed by atoms with Crippen molar-refractivity contribution in [1.82, 2.24) is 0 Å². The first kappa shape index (κ1) is 10.7. The third-order valence-electron chi connectivity index (χ3n) is 0.433. The Hall–Kier alpha value is 0.800. The zero-order chi connectivity index (χ0) is 5.21. The maximum atomic E-state index is 4.83. The minimum absolute atomic E-state index is 0. The molecule has 0 amide bonds. The van der Waals surface area contributed by atoms with Crippen molar-refractivity contribution in [3.05, 3.63) is 7.11 Å². The van der Waals surface area contributed by atoms with Crippen molar-refractivity contribution in [3.63, 3.8) is 0 Å². The van der Waals surface area contributed by atoms with Crippen molar-refractivity contribution in [2.24, 2.45) is 0 Å². The van der Waals surface area contributed by atoms with E-state index in [9.17, 15) is 0 Å². The molecule has 0 aliphatic rings. The van der Waals surface area contributed by atoms with Crippen LogP contribution in [0.2, 0.25) is 19.6 Å². The summed E-state index contributed by atoms with van der Waals surface area (Å²) < 4.78 is 4.83.